The van der Waals surface area contributed by atoms with E-state index in [0.29, 0.717) is 32.4 Å². The zero-order chi connectivity index (χ0) is 24.3. The summed E-state index contributed by atoms with van der Waals surface area (Å²) in [5.41, 5.74) is 3.87. The van der Waals surface area contributed by atoms with Crippen molar-refractivity contribution in [3.05, 3.63) is 71.8 Å². The molecule has 0 spiro atoms. The van der Waals surface area contributed by atoms with Crippen LogP contribution in [0.15, 0.2) is 60.7 Å². The molecule has 3 unspecified atom stereocenters. The molecule has 7 heteroatoms. The van der Waals surface area contributed by atoms with Crippen LogP contribution in [0.4, 0.5) is 0 Å². The van der Waals surface area contributed by atoms with Gasteiger partial charge in [0.05, 0.1) is 0 Å². The lowest BCUT2D eigenvalue weighted by molar-refractivity contribution is -0.150. The second kappa shape index (κ2) is 12.9. The fraction of sp³-hybridized carbons (Fsp3) is 0.444. The Labute approximate surface area is 201 Å². The number of carbonyl (C=O) groups is 3. The number of hydrogen-bond donors (Lipinski definition) is 3. The highest BCUT2D eigenvalue weighted by Crippen LogP contribution is 2.32. The summed E-state index contributed by atoms with van der Waals surface area (Å²) in [6, 6.07) is 18.9. The highest BCUT2D eigenvalue weighted by atomic mass is 16.5. The first-order chi connectivity index (χ1) is 16.5. The molecular formula is C27H35N3O4. The number of carbonyl (C=O) groups excluding carboxylic acids is 3. The number of rotatable bonds is 10. The lowest BCUT2D eigenvalue weighted by Crippen LogP contribution is -2.52. The normalized spacial score (nSPS) is 18.5. The maximum atomic E-state index is 13.7. The van der Waals surface area contributed by atoms with Crippen molar-refractivity contribution < 1.29 is 19.6 Å². The number of benzene rings is 2. The van der Waals surface area contributed by atoms with Crippen molar-refractivity contribution in [2.45, 2.75) is 51.5 Å². The summed E-state index contributed by atoms with van der Waals surface area (Å²) in [4.78, 5) is 40.5. The number of nitrogens with one attached hydrogen (secondary N) is 2. The molecule has 3 amide bonds. The van der Waals surface area contributed by atoms with Crippen LogP contribution >= 0.6 is 0 Å². The molecule has 1 saturated carbocycles. The van der Waals surface area contributed by atoms with Crippen molar-refractivity contribution in [3.8, 4) is 0 Å². The Morgan fingerprint density at radius 3 is 2.06 bits per heavy atom. The fourth-order valence-electron chi connectivity index (χ4n) is 4.68. The molecule has 0 saturated heterocycles. The molecule has 3 atom stereocenters. The van der Waals surface area contributed by atoms with Crippen LogP contribution in [0.25, 0.3) is 0 Å². The van der Waals surface area contributed by atoms with Crippen LogP contribution in [0.2, 0.25) is 0 Å². The Hall–Kier alpha value is -3.19. The molecule has 0 aromatic heterocycles. The molecule has 1 aliphatic rings. The van der Waals surface area contributed by atoms with Gasteiger partial charge in [0.25, 0.3) is 5.91 Å². The average molecular weight is 466 g/mol. The molecule has 0 heterocycles. The van der Waals surface area contributed by atoms with Gasteiger partial charge in [-0.25, -0.2) is 5.48 Å². The third-order valence-corrected chi connectivity index (χ3v) is 6.70. The highest BCUT2D eigenvalue weighted by molar-refractivity contribution is 5.91. The Balaban J connectivity index is 1.68. The van der Waals surface area contributed by atoms with Crippen LogP contribution in [-0.4, -0.2) is 47.0 Å². The smallest absolute Gasteiger partial charge is 0.265 e. The maximum Gasteiger partial charge on any atom is 0.265 e. The molecule has 3 N–H and O–H groups in total. The summed E-state index contributed by atoms with van der Waals surface area (Å²) >= 11 is 0. The van der Waals surface area contributed by atoms with E-state index in [-0.39, 0.29) is 11.8 Å². The first kappa shape index (κ1) is 25.4. The predicted molar refractivity (Wildman–Crippen MR) is 130 cm³/mol. The van der Waals surface area contributed by atoms with Crippen LogP contribution in [-0.2, 0) is 27.2 Å². The molecule has 0 aliphatic heterocycles. The summed E-state index contributed by atoms with van der Waals surface area (Å²) in [5.74, 6) is -1.83. The van der Waals surface area contributed by atoms with Gasteiger partial charge in [0.15, 0.2) is 0 Å². The van der Waals surface area contributed by atoms with Crippen molar-refractivity contribution in [2.75, 3.05) is 13.1 Å². The van der Waals surface area contributed by atoms with Gasteiger partial charge in [-0.3, -0.25) is 19.6 Å². The lowest BCUT2D eigenvalue weighted by atomic mass is 9.77. The largest absolute Gasteiger partial charge is 0.356 e. The Morgan fingerprint density at radius 1 is 0.912 bits per heavy atom. The minimum atomic E-state index is -0.843. The van der Waals surface area contributed by atoms with Gasteiger partial charge < -0.3 is 10.2 Å². The Kier molecular flexibility index (Phi) is 9.64. The zero-order valence-electron chi connectivity index (χ0n) is 19.8. The van der Waals surface area contributed by atoms with Crippen LogP contribution in [0.5, 0.6) is 0 Å². The standard InChI is InChI=1S/C27H35N3O4/c1-20(25(31)29-34)30(19-17-22-12-6-3-7-13-22)27(33)24-15-9-8-14-23(24)26(32)28-18-16-21-10-4-2-5-11-21/h2-7,10-13,20,23-24,34H,8-9,14-19H2,1H3,(H,28,32)(H,29,31). The molecule has 0 radical (unpaired) electrons. The number of hydrogen-bond acceptors (Lipinski definition) is 4. The van der Waals surface area contributed by atoms with E-state index in [9.17, 15) is 14.4 Å². The molecule has 182 valence electrons. The van der Waals surface area contributed by atoms with Gasteiger partial charge in [-0.1, -0.05) is 73.5 Å². The summed E-state index contributed by atoms with van der Waals surface area (Å²) in [5, 5.41) is 12.2. The summed E-state index contributed by atoms with van der Waals surface area (Å²) in [6.45, 7) is 2.45. The van der Waals surface area contributed by atoms with Crippen molar-refractivity contribution in [1.29, 1.82) is 0 Å². The first-order valence-electron chi connectivity index (χ1n) is 12.1. The molecular weight excluding hydrogens is 430 g/mol. The Bertz CT molecular complexity index is 935. The van der Waals surface area contributed by atoms with Gasteiger partial charge in [-0.15, -0.1) is 0 Å². The second-order valence-corrected chi connectivity index (χ2v) is 8.94. The van der Waals surface area contributed by atoms with Crippen molar-refractivity contribution >= 4 is 17.7 Å². The molecule has 2 aromatic carbocycles. The Morgan fingerprint density at radius 2 is 1.47 bits per heavy atom. The van der Waals surface area contributed by atoms with Crippen LogP contribution < -0.4 is 10.8 Å². The molecule has 34 heavy (non-hydrogen) atoms. The zero-order valence-corrected chi connectivity index (χ0v) is 19.8. The van der Waals surface area contributed by atoms with Gasteiger partial charge in [0.2, 0.25) is 11.8 Å². The number of hydroxylamine groups is 1. The van der Waals surface area contributed by atoms with E-state index in [1.807, 2.05) is 60.7 Å². The van der Waals surface area contributed by atoms with Crippen LogP contribution in [0.1, 0.15) is 43.7 Å². The summed E-state index contributed by atoms with van der Waals surface area (Å²) in [7, 11) is 0. The molecule has 3 rings (SSSR count). The van der Waals surface area contributed by atoms with Crippen molar-refractivity contribution in [2.24, 2.45) is 11.8 Å². The molecule has 1 fully saturated rings. The van der Waals surface area contributed by atoms with E-state index in [0.717, 1.165) is 30.4 Å². The van der Waals surface area contributed by atoms with Gasteiger partial charge in [0, 0.05) is 24.9 Å². The van der Waals surface area contributed by atoms with Crippen LogP contribution in [0.3, 0.4) is 0 Å². The molecule has 2 aromatic rings. The summed E-state index contributed by atoms with van der Waals surface area (Å²) < 4.78 is 0. The topological polar surface area (TPSA) is 98.7 Å². The summed E-state index contributed by atoms with van der Waals surface area (Å²) in [6.07, 6.45) is 4.35. The first-order valence-corrected chi connectivity index (χ1v) is 12.1. The lowest BCUT2D eigenvalue weighted by Gasteiger charge is -2.36. The van der Waals surface area contributed by atoms with Gasteiger partial charge in [-0.2, -0.15) is 0 Å². The van der Waals surface area contributed by atoms with E-state index >= 15 is 0 Å². The predicted octanol–water partition coefficient (Wildman–Crippen LogP) is 3.12. The molecule has 0 bridgehead atoms. The minimum absolute atomic E-state index is 0.101. The van der Waals surface area contributed by atoms with E-state index in [4.69, 9.17) is 5.21 Å². The van der Waals surface area contributed by atoms with Gasteiger partial charge >= 0.3 is 0 Å². The monoisotopic (exact) mass is 465 g/mol. The molecule has 1 aliphatic carbocycles. The minimum Gasteiger partial charge on any atom is -0.356 e. The average Bonchev–Trinajstić information content (AvgIpc) is 2.89. The fourth-order valence-corrected chi connectivity index (χ4v) is 4.68. The van der Waals surface area contributed by atoms with Crippen molar-refractivity contribution in [3.63, 3.8) is 0 Å². The highest BCUT2D eigenvalue weighted by Gasteiger charge is 2.39. The van der Waals surface area contributed by atoms with E-state index in [1.54, 1.807) is 12.4 Å². The third-order valence-electron chi connectivity index (χ3n) is 6.70. The second-order valence-electron chi connectivity index (χ2n) is 8.94. The number of nitrogens with zero attached hydrogens (tertiary/aromatic N) is 1. The third kappa shape index (κ3) is 6.90. The van der Waals surface area contributed by atoms with E-state index in [1.165, 1.54) is 4.90 Å². The van der Waals surface area contributed by atoms with Crippen LogP contribution in [0, 0.1) is 11.8 Å². The van der Waals surface area contributed by atoms with E-state index < -0.39 is 23.8 Å². The number of amides is 3. The van der Waals surface area contributed by atoms with Crippen molar-refractivity contribution in [1.82, 2.24) is 15.7 Å². The van der Waals surface area contributed by atoms with Gasteiger partial charge in [-0.05, 0) is 43.7 Å². The van der Waals surface area contributed by atoms with E-state index in [2.05, 4.69) is 5.32 Å². The van der Waals surface area contributed by atoms with Gasteiger partial charge in [0.1, 0.15) is 6.04 Å². The maximum absolute atomic E-state index is 13.7. The quantitative estimate of drug-likeness (QED) is 0.371. The molecule has 7 nitrogen and oxygen atoms in total. The SMILES string of the molecule is CC(C(=O)NO)N(CCc1ccccc1)C(=O)C1CCCCC1C(=O)NCCc1ccccc1.